The summed E-state index contributed by atoms with van der Waals surface area (Å²) < 4.78 is 18.8. The van der Waals surface area contributed by atoms with E-state index in [0.29, 0.717) is 19.1 Å². The highest BCUT2D eigenvalue weighted by atomic mass is 19.1. The van der Waals surface area contributed by atoms with Gasteiger partial charge in [0.1, 0.15) is 17.5 Å². The number of hydrogen-bond acceptors (Lipinski definition) is 4. The van der Waals surface area contributed by atoms with Crippen molar-refractivity contribution < 1.29 is 18.7 Å². The zero-order valence-electron chi connectivity index (χ0n) is 18.7. The molecule has 0 bridgehead atoms. The number of amides is 2. The Hall–Kier alpha value is -2.31. The molecule has 1 aromatic rings. The molecule has 1 atom stereocenters. The molecule has 2 amide bonds. The van der Waals surface area contributed by atoms with Gasteiger partial charge in [0.15, 0.2) is 0 Å². The van der Waals surface area contributed by atoms with Crippen molar-refractivity contribution in [1.82, 2.24) is 10.2 Å². The van der Waals surface area contributed by atoms with Gasteiger partial charge in [0.25, 0.3) is 0 Å². The fourth-order valence-corrected chi connectivity index (χ4v) is 4.32. The zero-order chi connectivity index (χ0) is 22.1. The number of alkyl carbamates (subject to hydrolysis) is 1. The van der Waals surface area contributed by atoms with Crippen LogP contribution in [0, 0.1) is 11.7 Å². The van der Waals surface area contributed by atoms with Crippen LogP contribution < -0.4 is 10.2 Å². The molecule has 2 aliphatic heterocycles. The molecular formula is C23H34FN3O3. The van der Waals surface area contributed by atoms with Crippen molar-refractivity contribution >= 4 is 17.7 Å². The molecule has 0 aliphatic carbocycles. The molecule has 7 heteroatoms. The second kappa shape index (κ2) is 8.82. The van der Waals surface area contributed by atoms with Gasteiger partial charge in [0, 0.05) is 31.4 Å². The van der Waals surface area contributed by atoms with Crippen LogP contribution in [0.4, 0.5) is 14.9 Å². The summed E-state index contributed by atoms with van der Waals surface area (Å²) in [5.41, 5.74) is 1.57. The summed E-state index contributed by atoms with van der Waals surface area (Å²) in [6, 6.07) is 4.76. The summed E-state index contributed by atoms with van der Waals surface area (Å²) in [5.74, 6) is -0.283. The van der Waals surface area contributed by atoms with E-state index in [-0.39, 0.29) is 17.6 Å². The standard InChI is InChI=1S/C23H34FN3O3/c1-15(2)20(25-22(29)30-23(3,4)5)21(28)26-11-9-18(10-12-26)27-13-8-16-14-17(24)6-7-19(16)27/h6-7,14-15,18,20H,8-13H2,1-5H3,(H,25,29)/t20-/m0/s1. The number of carbonyl (C=O) groups is 2. The van der Waals surface area contributed by atoms with Crippen LogP contribution in [0.3, 0.4) is 0 Å². The molecule has 2 heterocycles. The molecule has 1 aromatic carbocycles. The van der Waals surface area contributed by atoms with Crippen LogP contribution in [0.1, 0.15) is 53.0 Å². The highest BCUT2D eigenvalue weighted by molar-refractivity contribution is 5.86. The maximum absolute atomic E-state index is 13.5. The Morgan fingerprint density at radius 3 is 2.43 bits per heavy atom. The SMILES string of the molecule is CC(C)[C@H](NC(=O)OC(C)(C)C)C(=O)N1CCC(N2CCc3cc(F)ccc32)CC1. The van der Waals surface area contributed by atoms with Gasteiger partial charge in [-0.3, -0.25) is 4.79 Å². The fraction of sp³-hybridized carbons (Fsp3) is 0.652. The normalized spacial score (nSPS) is 18.4. The Morgan fingerprint density at radius 2 is 1.83 bits per heavy atom. The predicted molar refractivity (Wildman–Crippen MR) is 115 cm³/mol. The molecule has 166 valence electrons. The van der Waals surface area contributed by atoms with Crippen LogP contribution in [0.5, 0.6) is 0 Å². The average Bonchev–Trinajstić information content (AvgIpc) is 3.07. The van der Waals surface area contributed by atoms with Gasteiger partial charge < -0.3 is 19.9 Å². The van der Waals surface area contributed by atoms with Gasteiger partial charge >= 0.3 is 6.09 Å². The minimum absolute atomic E-state index is 0.0388. The largest absolute Gasteiger partial charge is 0.444 e. The van der Waals surface area contributed by atoms with Gasteiger partial charge in [0.05, 0.1) is 0 Å². The number of anilines is 1. The molecule has 0 spiro atoms. The molecule has 6 nitrogen and oxygen atoms in total. The van der Waals surface area contributed by atoms with Crippen LogP contribution in [-0.2, 0) is 16.0 Å². The molecule has 1 fully saturated rings. The van der Waals surface area contributed by atoms with E-state index in [9.17, 15) is 14.0 Å². The molecule has 0 saturated carbocycles. The van der Waals surface area contributed by atoms with Crippen LogP contribution in [0.2, 0.25) is 0 Å². The lowest BCUT2D eigenvalue weighted by molar-refractivity contribution is -0.135. The number of fused-ring (bicyclic) bond motifs is 1. The summed E-state index contributed by atoms with van der Waals surface area (Å²) in [4.78, 5) is 29.5. The first-order valence-electron chi connectivity index (χ1n) is 10.9. The predicted octanol–water partition coefficient (Wildman–Crippen LogP) is 3.73. The number of piperidine rings is 1. The number of likely N-dealkylation sites (tertiary alicyclic amines) is 1. The Morgan fingerprint density at radius 1 is 1.17 bits per heavy atom. The van der Waals surface area contributed by atoms with Crippen LogP contribution in [-0.4, -0.2) is 54.2 Å². The Labute approximate surface area is 178 Å². The van der Waals surface area contributed by atoms with Crippen molar-refractivity contribution in [2.24, 2.45) is 5.92 Å². The monoisotopic (exact) mass is 419 g/mol. The molecule has 0 radical (unpaired) electrons. The summed E-state index contributed by atoms with van der Waals surface area (Å²) in [7, 11) is 0. The van der Waals surface area contributed by atoms with E-state index in [1.165, 1.54) is 6.07 Å². The van der Waals surface area contributed by atoms with Crippen molar-refractivity contribution in [3.05, 3.63) is 29.6 Å². The number of nitrogens with zero attached hydrogens (tertiary/aromatic N) is 2. The van der Waals surface area contributed by atoms with Crippen LogP contribution >= 0.6 is 0 Å². The second-order valence-corrected chi connectivity index (χ2v) is 9.64. The number of ether oxygens (including phenoxy) is 1. The van der Waals surface area contributed by atoms with Crippen molar-refractivity contribution in [3.63, 3.8) is 0 Å². The van der Waals surface area contributed by atoms with Crippen molar-refractivity contribution in [3.8, 4) is 0 Å². The maximum atomic E-state index is 13.5. The summed E-state index contributed by atoms with van der Waals surface area (Å²) >= 11 is 0. The summed E-state index contributed by atoms with van der Waals surface area (Å²) in [6.45, 7) is 11.4. The highest BCUT2D eigenvalue weighted by Crippen LogP contribution is 2.33. The molecule has 30 heavy (non-hydrogen) atoms. The maximum Gasteiger partial charge on any atom is 0.408 e. The minimum Gasteiger partial charge on any atom is -0.444 e. The third-order valence-electron chi connectivity index (χ3n) is 5.79. The molecular weight excluding hydrogens is 385 g/mol. The lowest BCUT2D eigenvalue weighted by Crippen LogP contribution is -2.55. The first-order valence-corrected chi connectivity index (χ1v) is 10.9. The minimum atomic E-state index is -0.609. The summed E-state index contributed by atoms with van der Waals surface area (Å²) in [6.07, 6.45) is 2.02. The van der Waals surface area contributed by atoms with Gasteiger partial charge in [-0.25, -0.2) is 9.18 Å². The van der Waals surface area contributed by atoms with Gasteiger partial charge in [-0.2, -0.15) is 0 Å². The van der Waals surface area contributed by atoms with E-state index >= 15 is 0 Å². The Bertz CT molecular complexity index is 782. The van der Waals surface area contributed by atoms with E-state index in [2.05, 4.69) is 10.2 Å². The number of nitrogens with one attached hydrogen (secondary N) is 1. The van der Waals surface area contributed by atoms with Gasteiger partial charge in [-0.05, 0) is 69.7 Å². The van der Waals surface area contributed by atoms with Gasteiger partial charge in [-0.1, -0.05) is 13.8 Å². The van der Waals surface area contributed by atoms with E-state index < -0.39 is 17.7 Å². The number of halogens is 1. The lowest BCUT2D eigenvalue weighted by atomic mass is 9.99. The number of hydrogen-bond donors (Lipinski definition) is 1. The first-order chi connectivity index (χ1) is 14.0. The number of benzene rings is 1. The molecule has 2 aliphatic rings. The molecule has 0 aromatic heterocycles. The Balaban J connectivity index is 1.58. The fourth-order valence-electron chi connectivity index (χ4n) is 4.32. The van der Waals surface area contributed by atoms with E-state index in [1.807, 2.05) is 24.8 Å². The van der Waals surface area contributed by atoms with Gasteiger partial charge in [-0.15, -0.1) is 0 Å². The van der Waals surface area contributed by atoms with Crippen molar-refractivity contribution in [1.29, 1.82) is 0 Å². The summed E-state index contributed by atoms with van der Waals surface area (Å²) in [5, 5.41) is 2.76. The third kappa shape index (κ3) is 5.24. The number of rotatable bonds is 4. The Kier molecular flexibility index (Phi) is 6.58. The molecule has 3 rings (SSSR count). The first kappa shape index (κ1) is 22.4. The lowest BCUT2D eigenvalue weighted by Gasteiger charge is -2.39. The molecule has 1 saturated heterocycles. The van der Waals surface area contributed by atoms with E-state index in [1.54, 1.807) is 26.8 Å². The molecule has 0 unspecified atom stereocenters. The number of carbonyl (C=O) groups excluding carboxylic acids is 2. The van der Waals surface area contributed by atoms with Crippen LogP contribution in [0.15, 0.2) is 18.2 Å². The third-order valence-corrected chi connectivity index (χ3v) is 5.79. The quantitative estimate of drug-likeness (QED) is 0.808. The average molecular weight is 420 g/mol. The smallest absolute Gasteiger partial charge is 0.408 e. The van der Waals surface area contributed by atoms with E-state index in [0.717, 1.165) is 37.1 Å². The second-order valence-electron chi connectivity index (χ2n) is 9.64. The topological polar surface area (TPSA) is 61.9 Å². The molecule has 1 N–H and O–H groups in total. The van der Waals surface area contributed by atoms with Crippen molar-refractivity contribution in [2.75, 3.05) is 24.5 Å². The van der Waals surface area contributed by atoms with Gasteiger partial charge in [0.2, 0.25) is 5.91 Å². The van der Waals surface area contributed by atoms with E-state index in [4.69, 9.17) is 4.74 Å². The van der Waals surface area contributed by atoms with Crippen molar-refractivity contribution in [2.45, 2.75) is 71.6 Å². The van der Waals surface area contributed by atoms with Crippen LogP contribution in [0.25, 0.3) is 0 Å². The highest BCUT2D eigenvalue weighted by Gasteiger charge is 2.35. The zero-order valence-corrected chi connectivity index (χ0v) is 18.7.